The Hall–Kier alpha value is -1.98. The van der Waals surface area contributed by atoms with Crippen LogP contribution in [0, 0.1) is 0 Å². The molecule has 19 heavy (non-hydrogen) atoms. The van der Waals surface area contributed by atoms with Gasteiger partial charge < -0.3 is 19.5 Å². The maximum atomic E-state index is 11.2. The predicted octanol–water partition coefficient (Wildman–Crippen LogP) is 1.54. The van der Waals surface area contributed by atoms with E-state index in [1.807, 2.05) is 13.0 Å². The van der Waals surface area contributed by atoms with Crippen molar-refractivity contribution in [1.82, 2.24) is 9.88 Å². The molecule has 2 atom stereocenters. The highest BCUT2D eigenvalue weighted by Gasteiger charge is 2.49. The van der Waals surface area contributed by atoms with Crippen LogP contribution in [0.15, 0.2) is 12.3 Å². The minimum Gasteiger partial charge on any atom is -0.483 e. The van der Waals surface area contributed by atoms with Crippen LogP contribution in [0.5, 0.6) is 11.6 Å². The van der Waals surface area contributed by atoms with Gasteiger partial charge in [0.1, 0.15) is 11.4 Å². The highest BCUT2D eigenvalue weighted by atomic mass is 16.5. The van der Waals surface area contributed by atoms with E-state index in [4.69, 9.17) is 14.6 Å². The minimum absolute atomic E-state index is 0.0262. The second kappa shape index (κ2) is 4.01. The zero-order valence-corrected chi connectivity index (χ0v) is 10.9. The van der Waals surface area contributed by atoms with Crippen molar-refractivity contribution in [3.05, 3.63) is 17.8 Å². The largest absolute Gasteiger partial charge is 0.483 e. The van der Waals surface area contributed by atoms with Gasteiger partial charge in [-0.25, -0.2) is 9.78 Å². The fraction of sp³-hybridized carbons (Fsp3) is 0.538. The first-order chi connectivity index (χ1) is 9.03. The molecule has 3 rings (SSSR count). The smallest absolute Gasteiger partial charge is 0.407 e. The molecule has 0 aromatic carbocycles. The summed E-state index contributed by atoms with van der Waals surface area (Å²) in [6.45, 7) is 2.31. The van der Waals surface area contributed by atoms with E-state index in [2.05, 4.69) is 4.98 Å². The molecule has 2 aliphatic heterocycles. The number of methoxy groups -OCH3 is 1. The monoisotopic (exact) mass is 264 g/mol. The Labute approximate surface area is 111 Å². The number of rotatable bonds is 1. The summed E-state index contributed by atoms with van der Waals surface area (Å²) in [4.78, 5) is 16.7. The summed E-state index contributed by atoms with van der Waals surface area (Å²) in [7, 11) is 1.57. The highest BCUT2D eigenvalue weighted by Crippen LogP contribution is 2.42. The first-order valence-electron chi connectivity index (χ1n) is 6.24. The van der Waals surface area contributed by atoms with Gasteiger partial charge in [0, 0.05) is 30.5 Å². The van der Waals surface area contributed by atoms with E-state index in [1.165, 1.54) is 4.90 Å². The van der Waals surface area contributed by atoms with Crippen LogP contribution in [0.3, 0.4) is 0 Å². The Bertz CT molecular complexity index is 533. The molecule has 0 saturated carbocycles. The van der Waals surface area contributed by atoms with E-state index in [9.17, 15) is 4.79 Å². The molecular formula is C13H16N2O4. The lowest BCUT2D eigenvalue weighted by molar-refractivity contribution is 0.0960. The Kier molecular flexibility index (Phi) is 2.55. The van der Waals surface area contributed by atoms with Crippen LogP contribution < -0.4 is 9.47 Å². The van der Waals surface area contributed by atoms with Gasteiger partial charge in [0.25, 0.3) is 0 Å². The van der Waals surface area contributed by atoms with Gasteiger partial charge in [-0.1, -0.05) is 0 Å². The lowest BCUT2D eigenvalue weighted by Crippen LogP contribution is -2.39. The van der Waals surface area contributed by atoms with Crippen molar-refractivity contribution in [1.29, 1.82) is 0 Å². The standard InChI is InChI=1S/C13H16N2O4/c1-8-4-13(7-15(8)12(16)17)5-9-3-11(18-2)14-6-10(9)19-13/h3,6,8H,4-5,7H2,1-2H3,(H,16,17)/t8-,13-/m0/s1. The molecule has 0 unspecified atom stereocenters. The van der Waals surface area contributed by atoms with Crippen LogP contribution in [-0.4, -0.2) is 46.4 Å². The van der Waals surface area contributed by atoms with Gasteiger partial charge in [-0.05, 0) is 6.92 Å². The maximum absolute atomic E-state index is 11.2. The second-order valence-corrected chi connectivity index (χ2v) is 5.26. The first kappa shape index (κ1) is 12.1. The summed E-state index contributed by atoms with van der Waals surface area (Å²) in [5, 5.41) is 9.16. The molecule has 6 nitrogen and oxygen atoms in total. The summed E-state index contributed by atoms with van der Waals surface area (Å²) < 4.78 is 11.1. The topological polar surface area (TPSA) is 71.9 Å². The number of aromatic nitrogens is 1. The summed E-state index contributed by atoms with van der Waals surface area (Å²) in [6, 6.07) is 1.83. The molecule has 0 radical (unpaired) electrons. The lowest BCUT2D eigenvalue weighted by Gasteiger charge is -2.22. The molecule has 1 spiro atoms. The SMILES string of the molecule is COc1cc2c(cn1)O[C@]1(C2)C[C@H](C)N(C(=O)O)C1. The molecule has 1 fully saturated rings. The summed E-state index contributed by atoms with van der Waals surface area (Å²) in [5.41, 5.74) is 0.597. The van der Waals surface area contributed by atoms with E-state index in [-0.39, 0.29) is 6.04 Å². The van der Waals surface area contributed by atoms with Gasteiger partial charge in [-0.15, -0.1) is 0 Å². The number of ether oxygens (including phenoxy) is 2. The van der Waals surface area contributed by atoms with Crippen molar-refractivity contribution < 1.29 is 19.4 Å². The van der Waals surface area contributed by atoms with Crippen LogP contribution in [0.25, 0.3) is 0 Å². The molecule has 3 heterocycles. The zero-order valence-electron chi connectivity index (χ0n) is 10.9. The van der Waals surface area contributed by atoms with Gasteiger partial charge in [0.2, 0.25) is 5.88 Å². The molecule has 0 aliphatic carbocycles. The third-order valence-electron chi connectivity index (χ3n) is 3.88. The number of fused-ring (bicyclic) bond motifs is 1. The molecule has 1 aromatic heterocycles. The lowest BCUT2D eigenvalue weighted by atomic mass is 9.95. The summed E-state index contributed by atoms with van der Waals surface area (Å²) in [6.07, 6.45) is 2.17. The van der Waals surface area contributed by atoms with Crippen LogP contribution >= 0.6 is 0 Å². The van der Waals surface area contributed by atoms with Crippen molar-refractivity contribution in [2.75, 3.05) is 13.7 Å². The molecule has 6 heteroatoms. The van der Waals surface area contributed by atoms with Crippen LogP contribution in [-0.2, 0) is 6.42 Å². The molecule has 1 aromatic rings. The van der Waals surface area contributed by atoms with Crippen molar-refractivity contribution >= 4 is 6.09 Å². The van der Waals surface area contributed by atoms with E-state index in [0.717, 1.165) is 11.3 Å². The van der Waals surface area contributed by atoms with Crippen molar-refractivity contribution in [3.8, 4) is 11.6 Å². The van der Waals surface area contributed by atoms with Gasteiger partial charge in [0.05, 0.1) is 19.9 Å². The first-order valence-corrected chi connectivity index (χ1v) is 6.24. The quantitative estimate of drug-likeness (QED) is 0.833. The Morgan fingerprint density at radius 2 is 2.47 bits per heavy atom. The average Bonchev–Trinajstić information content (AvgIpc) is 2.87. The molecule has 1 N–H and O–H groups in total. The van der Waals surface area contributed by atoms with Crippen LogP contribution in [0.4, 0.5) is 4.79 Å². The number of carbonyl (C=O) groups is 1. The van der Waals surface area contributed by atoms with Gasteiger partial charge >= 0.3 is 6.09 Å². The number of likely N-dealkylation sites (tertiary alicyclic amines) is 1. The van der Waals surface area contributed by atoms with E-state index in [1.54, 1.807) is 13.3 Å². The van der Waals surface area contributed by atoms with Crippen LogP contribution in [0.1, 0.15) is 18.9 Å². The fourth-order valence-electron chi connectivity index (χ4n) is 3.06. The number of hydrogen-bond donors (Lipinski definition) is 1. The van der Waals surface area contributed by atoms with Crippen molar-refractivity contribution in [2.24, 2.45) is 0 Å². The fourth-order valence-corrected chi connectivity index (χ4v) is 3.06. The normalized spacial score (nSPS) is 28.3. The van der Waals surface area contributed by atoms with Gasteiger partial charge in [0.15, 0.2) is 0 Å². The Morgan fingerprint density at radius 3 is 3.11 bits per heavy atom. The maximum Gasteiger partial charge on any atom is 0.407 e. The van der Waals surface area contributed by atoms with E-state index in [0.29, 0.717) is 25.3 Å². The van der Waals surface area contributed by atoms with Gasteiger partial charge in [-0.3, -0.25) is 0 Å². The van der Waals surface area contributed by atoms with Crippen molar-refractivity contribution in [2.45, 2.75) is 31.4 Å². The summed E-state index contributed by atoms with van der Waals surface area (Å²) in [5.74, 6) is 1.29. The molecule has 102 valence electrons. The highest BCUT2D eigenvalue weighted by molar-refractivity contribution is 5.66. The molecule has 0 bridgehead atoms. The van der Waals surface area contributed by atoms with E-state index < -0.39 is 11.7 Å². The van der Waals surface area contributed by atoms with Crippen molar-refractivity contribution in [3.63, 3.8) is 0 Å². The Morgan fingerprint density at radius 1 is 1.68 bits per heavy atom. The summed E-state index contributed by atoms with van der Waals surface area (Å²) >= 11 is 0. The van der Waals surface area contributed by atoms with Gasteiger partial charge in [-0.2, -0.15) is 0 Å². The number of pyridine rings is 1. The third-order valence-corrected chi connectivity index (χ3v) is 3.88. The number of hydrogen-bond acceptors (Lipinski definition) is 4. The molecular weight excluding hydrogens is 248 g/mol. The second-order valence-electron chi connectivity index (χ2n) is 5.26. The number of nitrogens with zero attached hydrogens (tertiary/aromatic N) is 2. The van der Waals surface area contributed by atoms with E-state index >= 15 is 0 Å². The number of amides is 1. The number of carboxylic acid groups (broad SMARTS) is 1. The Balaban J connectivity index is 1.85. The van der Waals surface area contributed by atoms with Crippen LogP contribution in [0.2, 0.25) is 0 Å². The zero-order chi connectivity index (χ0) is 13.6. The predicted molar refractivity (Wildman–Crippen MR) is 66.7 cm³/mol. The molecule has 1 saturated heterocycles. The average molecular weight is 264 g/mol. The third kappa shape index (κ3) is 1.87. The molecule has 1 amide bonds. The molecule has 2 aliphatic rings. The minimum atomic E-state index is -0.889.